The number of rotatable bonds is 7. The van der Waals surface area contributed by atoms with E-state index in [1.807, 2.05) is 18.2 Å². The number of aromatic nitrogens is 5. The van der Waals surface area contributed by atoms with Gasteiger partial charge in [-0.05, 0) is 104 Å². The van der Waals surface area contributed by atoms with E-state index in [1.165, 1.54) is 43.1 Å². The molecule has 15 aromatic rings. The van der Waals surface area contributed by atoms with Crippen LogP contribution in [0.2, 0.25) is 0 Å². The third kappa shape index (κ3) is 6.75. The highest BCUT2D eigenvalue weighted by Crippen LogP contribution is 2.46. The molecule has 0 N–H and O–H groups in total. The highest BCUT2D eigenvalue weighted by Gasteiger charge is 2.25. The number of hydrogen-bond donors (Lipinski definition) is 0. The lowest BCUT2D eigenvalue weighted by Gasteiger charge is -2.21. The molecule has 0 aliphatic carbocycles. The molecule has 12 aromatic carbocycles. The lowest BCUT2D eigenvalue weighted by molar-refractivity contribution is 1.08. The number of para-hydroxylation sites is 2. The molecule has 3 aromatic heterocycles. The molecule has 5 nitrogen and oxygen atoms in total. The van der Waals surface area contributed by atoms with Gasteiger partial charge in [-0.1, -0.05) is 200 Å². The Morgan fingerprint density at radius 2 is 0.703 bits per heavy atom. The Hall–Kier alpha value is -9.97. The average molecular weight is 942 g/mol. The average Bonchev–Trinajstić information content (AvgIpc) is 3.99. The lowest BCUT2D eigenvalue weighted by Crippen LogP contribution is -2.04. The van der Waals surface area contributed by atoms with Crippen LogP contribution in [0, 0.1) is 0 Å². The fraction of sp³-hybridized carbons (Fsp3) is 0. The first-order chi connectivity index (χ1) is 36.7. The van der Waals surface area contributed by atoms with Gasteiger partial charge < -0.3 is 9.13 Å². The molecule has 0 atom stereocenters. The van der Waals surface area contributed by atoms with Gasteiger partial charge in [-0.25, -0.2) is 15.0 Å². The summed E-state index contributed by atoms with van der Waals surface area (Å²) in [6, 6.07) is 93.8. The molecule has 0 unspecified atom stereocenters. The van der Waals surface area contributed by atoms with Crippen LogP contribution in [0.25, 0.3) is 144 Å². The minimum absolute atomic E-state index is 0.593. The van der Waals surface area contributed by atoms with Gasteiger partial charge in [0.05, 0.1) is 27.8 Å². The van der Waals surface area contributed by atoms with Crippen LogP contribution < -0.4 is 0 Å². The van der Waals surface area contributed by atoms with Gasteiger partial charge in [-0.3, -0.25) is 0 Å². The maximum absolute atomic E-state index is 5.57. The zero-order valence-corrected chi connectivity index (χ0v) is 40.1. The van der Waals surface area contributed by atoms with Gasteiger partial charge in [0.2, 0.25) is 0 Å². The van der Waals surface area contributed by atoms with Crippen molar-refractivity contribution in [2.24, 2.45) is 0 Å². The van der Waals surface area contributed by atoms with Crippen molar-refractivity contribution in [3.63, 3.8) is 0 Å². The van der Waals surface area contributed by atoms with Crippen LogP contribution in [-0.2, 0) is 0 Å². The minimum Gasteiger partial charge on any atom is -0.309 e. The normalized spacial score (nSPS) is 11.8. The van der Waals surface area contributed by atoms with Crippen molar-refractivity contribution in [1.82, 2.24) is 24.1 Å². The van der Waals surface area contributed by atoms with Crippen LogP contribution in [0.4, 0.5) is 0 Å². The van der Waals surface area contributed by atoms with Gasteiger partial charge in [-0.15, -0.1) is 0 Å². The third-order valence-electron chi connectivity index (χ3n) is 14.9. The molecule has 344 valence electrons. The van der Waals surface area contributed by atoms with Gasteiger partial charge in [0.15, 0.2) is 17.5 Å². The second-order valence-corrected chi connectivity index (χ2v) is 19.2. The summed E-state index contributed by atoms with van der Waals surface area (Å²) in [5.74, 6) is 1.79. The summed E-state index contributed by atoms with van der Waals surface area (Å²) in [4.78, 5) is 16.4. The van der Waals surface area contributed by atoms with Gasteiger partial charge in [0.1, 0.15) is 0 Å². The fourth-order valence-electron chi connectivity index (χ4n) is 11.4. The summed E-state index contributed by atoms with van der Waals surface area (Å²) in [5, 5.41) is 11.7. The Morgan fingerprint density at radius 1 is 0.230 bits per heavy atom. The molecule has 5 heteroatoms. The van der Waals surface area contributed by atoms with Crippen LogP contribution in [0.5, 0.6) is 0 Å². The van der Waals surface area contributed by atoms with E-state index in [-0.39, 0.29) is 0 Å². The van der Waals surface area contributed by atoms with Crippen LogP contribution in [0.3, 0.4) is 0 Å². The zero-order valence-electron chi connectivity index (χ0n) is 40.1. The summed E-state index contributed by atoms with van der Waals surface area (Å²) in [7, 11) is 0. The van der Waals surface area contributed by atoms with E-state index in [4.69, 9.17) is 15.0 Å². The highest BCUT2D eigenvalue weighted by molar-refractivity contribution is 6.19. The molecule has 0 amide bonds. The summed E-state index contributed by atoms with van der Waals surface area (Å²) in [5.41, 5.74) is 13.8. The quantitative estimate of drug-likeness (QED) is 0.160. The van der Waals surface area contributed by atoms with Crippen LogP contribution in [0.15, 0.2) is 261 Å². The number of benzene rings is 12. The Kier molecular flexibility index (Phi) is 9.50. The molecule has 15 rings (SSSR count). The molecule has 0 aliphatic rings. The molecule has 0 spiro atoms. The van der Waals surface area contributed by atoms with Crippen molar-refractivity contribution in [1.29, 1.82) is 0 Å². The Bertz CT molecular complexity index is 4600. The molecular formula is C69H43N5. The SMILES string of the molecule is c1ccc(-c2ccc3c(-n4c5cc6ccccc6cc5c5cc6ccccc6cc54)c(-c4ccccc4)cc(-c4nc(-c5ccccc5)nc(-c5ccc6c7ccccc7n(-c7ccccc7)c6c5)n4)c3c2)cc1. The first kappa shape index (κ1) is 41.8. The van der Waals surface area contributed by atoms with Gasteiger partial charge in [-0.2, -0.15) is 0 Å². The van der Waals surface area contributed by atoms with Crippen molar-refractivity contribution in [2.75, 3.05) is 0 Å². The molecule has 3 heterocycles. The van der Waals surface area contributed by atoms with E-state index in [0.717, 1.165) is 83.2 Å². The molecule has 0 fully saturated rings. The molecular weight excluding hydrogens is 899 g/mol. The van der Waals surface area contributed by atoms with Gasteiger partial charge in [0.25, 0.3) is 0 Å². The topological polar surface area (TPSA) is 48.5 Å². The van der Waals surface area contributed by atoms with Crippen molar-refractivity contribution in [3.05, 3.63) is 261 Å². The highest BCUT2D eigenvalue weighted by atomic mass is 15.0. The third-order valence-corrected chi connectivity index (χ3v) is 14.9. The first-order valence-electron chi connectivity index (χ1n) is 25.2. The van der Waals surface area contributed by atoms with E-state index >= 15 is 0 Å². The van der Waals surface area contributed by atoms with Gasteiger partial charge in [0, 0.05) is 54.9 Å². The summed E-state index contributed by atoms with van der Waals surface area (Å²) < 4.78 is 4.87. The molecule has 74 heavy (non-hydrogen) atoms. The predicted octanol–water partition coefficient (Wildman–Crippen LogP) is 17.9. The maximum Gasteiger partial charge on any atom is 0.164 e. The Labute approximate surface area is 426 Å². The van der Waals surface area contributed by atoms with Crippen molar-refractivity contribution >= 4 is 75.9 Å². The molecule has 0 radical (unpaired) electrons. The zero-order chi connectivity index (χ0) is 48.7. The van der Waals surface area contributed by atoms with Crippen molar-refractivity contribution in [3.8, 4) is 67.8 Å². The van der Waals surface area contributed by atoms with Crippen molar-refractivity contribution in [2.45, 2.75) is 0 Å². The number of fused-ring (bicyclic) bond motifs is 9. The van der Waals surface area contributed by atoms with E-state index in [0.29, 0.717) is 17.5 Å². The van der Waals surface area contributed by atoms with E-state index in [1.54, 1.807) is 0 Å². The second-order valence-electron chi connectivity index (χ2n) is 19.2. The van der Waals surface area contributed by atoms with Crippen LogP contribution in [-0.4, -0.2) is 24.1 Å². The van der Waals surface area contributed by atoms with Crippen molar-refractivity contribution < 1.29 is 0 Å². The lowest BCUT2D eigenvalue weighted by atomic mass is 9.91. The number of hydrogen-bond acceptors (Lipinski definition) is 3. The molecule has 0 saturated heterocycles. The largest absolute Gasteiger partial charge is 0.309 e. The minimum atomic E-state index is 0.593. The maximum atomic E-state index is 5.57. The summed E-state index contributed by atoms with van der Waals surface area (Å²) >= 11 is 0. The summed E-state index contributed by atoms with van der Waals surface area (Å²) in [6.45, 7) is 0. The number of nitrogens with zero attached hydrogens (tertiary/aromatic N) is 5. The first-order valence-corrected chi connectivity index (χ1v) is 25.2. The molecule has 0 saturated carbocycles. The summed E-state index contributed by atoms with van der Waals surface area (Å²) in [6.07, 6.45) is 0. The standard InChI is InChI=1S/C69H43N5/c1-5-19-44(20-6-1)51-33-36-56-58(37-51)61(43-57(45-21-7-2-8-22-45)66(56)74-64-40-49-27-15-13-25-47(49)38-59(64)60-39-48-26-14-16-28-50(48)41-65(60)74)69-71-67(46-23-9-3-10-24-46)70-68(72-69)52-34-35-55-54-31-17-18-32-62(54)73(63(55)42-52)53-29-11-4-12-30-53/h1-43H. The Morgan fingerprint density at radius 3 is 1.35 bits per heavy atom. The van der Waals surface area contributed by atoms with Crippen LogP contribution in [0.1, 0.15) is 0 Å². The monoisotopic (exact) mass is 941 g/mol. The fourth-order valence-corrected chi connectivity index (χ4v) is 11.4. The second kappa shape index (κ2) is 16.8. The molecule has 0 aliphatic heterocycles. The smallest absolute Gasteiger partial charge is 0.164 e. The van der Waals surface area contributed by atoms with E-state index in [2.05, 4.69) is 252 Å². The van der Waals surface area contributed by atoms with Crippen LogP contribution >= 0.6 is 0 Å². The van der Waals surface area contributed by atoms with E-state index < -0.39 is 0 Å². The predicted molar refractivity (Wildman–Crippen MR) is 308 cm³/mol. The van der Waals surface area contributed by atoms with Gasteiger partial charge >= 0.3 is 0 Å². The Balaban J connectivity index is 1.06. The van der Waals surface area contributed by atoms with E-state index in [9.17, 15) is 0 Å². The molecule has 0 bridgehead atoms.